The minimum Gasteiger partial charge on any atom is -0.367 e. The monoisotopic (exact) mass is 478 g/mol. The van der Waals surface area contributed by atoms with Crippen LogP contribution in [-0.4, -0.2) is 61.4 Å². The van der Waals surface area contributed by atoms with Crippen molar-refractivity contribution in [2.45, 2.75) is 94.5 Å². The summed E-state index contributed by atoms with van der Waals surface area (Å²) in [4.78, 5) is 0. The number of allylic oxidation sites excluding steroid dienone is 1. The number of ether oxygens (including phenoxy) is 6. The zero-order valence-corrected chi connectivity index (χ0v) is 21.3. The quantitative estimate of drug-likeness (QED) is 0.484. The standard InChI is InChI=1S/C26H38O6S/c1-6-33-24-23(29-17-19-12-8-7-9-13-19)22-21(20(30-24)16-18(2)3)31-25(27-4)14-10-11-15-26(25,28-5)32-22/h7-9,12-13,16,20-24H,6,10-11,14-15,17H2,1-5H3/t20-,21-,22+,23+,24-,25+,26+/m1/s1. The van der Waals surface area contributed by atoms with Crippen molar-refractivity contribution in [2.75, 3.05) is 20.0 Å². The second-order valence-corrected chi connectivity index (χ2v) is 10.6. The predicted molar refractivity (Wildman–Crippen MR) is 129 cm³/mol. The Morgan fingerprint density at radius 2 is 1.67 bits per heavy atom. The number of hydrogen-bond acceptors (Lipinski definition) is 7. The van der Waals surface area contributed by atoms with E-state index >= 15 is 0 Å². The van der Waals surface area contributed by atoms with Crippen LogP contribution < -0.4 is 0 Å². The van der Waals surface area contributed by atoms with E-state index in [0.717, 1.165) is 24.2 Å². The molecule has 7 atom stereocenters. The van der Waals surface area contributed by atoms with Gasteiger partial charge in [0.05, 0.1) is 6.61 Å². The number of rotatable bonds is 8. The smallest absolute Gasteiger partial charge is 0.223 e. The average Bonchev–Trinajstić information content (AvgIpc) is 2.83. The van der Waals surface area contributed by atoms with Gasteiger partial charge in [-0.15, -0.1) is 11.8 Å². The van der Waals surface area contributed by atoms with E-state index in [4.69, 9.17) is 28.4 Å². The minimum atomic E-state index is -0.968. The molecule has 0 radical (unpaired) electrons. The second-order valence-electron chi connectivity index (χ2n) is 9.22. The summed E-state index contributed by atoms with van der Waals surface area (Å²) >= 11 is 1.74. The van der Waals surface area contributed by atoms with Gasteiger partial charge in [0.15, 0.2) is 0 Å². The van der Waals surface area contributed by atoms with Crippen LogP contribution in [0.1, 0.15) is 52.0 Å². The summed E-state index contributed by atoms with van der Waals surface area (Å²) in [5.41, 5.74) is 2.10. The molecule has 0 spiro atoms. The Bertz CT molecular complexity index is 799. The van der Waals surface area contributed by atoms with Gasteiger partial charge in [-0.25, -0.2) is 0 Å². The maximum atomic E-state index is 6.89. The molecule has 0 amide bonds. The Hall–Kier alpha value is -0.930. The Morgan fingerprint density at radius 1 is 1.03 bits per heavy atom. The molecule has 184 valence electrons. The van der Waals surface area contributed by atoms with E-state index in [0.29, 0.717) is 19.4 Å². The van der Waals surface area contributed by atoms with Gasteiger partial charge in [0.2, 0.25) is 11.6 Å². The topological polar surface area (TPSA) is 55.4 Å². The lowest BCUT2D eigenvalue weighted by Crippen LogP contribution is -2.74. The lowest BCUT2D eigenvalue weighted by molar-refractivity contribution is -0.487. The van der Waals surface area contributed by atoms with Crippen LogP contribution in [-0.2, 0) is 35.0 Å². The average molecular weight is 479 g/mol. The van der Waals surface area contributed by atoms with Crippen LogP contribution in [0.4, 0.5) is 0 Å². The molecular weight excluding hydrogens is 440 g/mol. The van der Waals surface area contributed by atoms with Crippen molar-refractivity contribution in [2.24, 2.45) is 0 Å². The third-order valence-electron chi connectivity index (χ3n) is 6.80. The predicted octanol–water partition coefficient (Wildman–Crippen LogP) is 5.06. The van der Waals surface area contributed by atoms with Gasteiger partial charge in [-0.05, 0) is 38.0 Å². The zero-order valence-electron chi connectivity index (χ0n) is 20.5. The maximum absolute atomic E-state index is 6.89. The van der Waals surface area contributed by atoms with Crippen LogP contribution in [0.2, 0.25) is 0 Å². The van der Waals surface area contributed by atoms with Crippen molar-refractivity contribution in [1.82, 2.24) is 0 Å². The minimum absolute atomic E-state index is 0.184. The molecule has 33 heavy (non-hydrogen) atoms. The van der Waals surface area contributed by atoms with Crippen molar-refractivity contribution in [3.63, 3.8) is 0 Å². The van der Waals surface area contributed by atoms with Gasteiger partial charge in [-0.2, -0.15) is 0 Å². The molecule has 0 aromatic heterocycles. The number of hydrogen-bond donors (Lipinski definition) is 0. The fourth-order valence-corrected chi connectivity index (χ4v) is 6.21. The fraction of sp³-hybridized carbons (Fsp3) is 0.692. The molecule has 2 saturated heterocycles. The number of fused-ring (bicyclic) bond motifs is 2. The Balaban J connectivity index is 1.69. The molecule has 2 heterocycles. The lowest BCUT2D eigenvalue weighted by atomic mass is 9.83. The molecule has 1 aromatic carbocycles. The molecule has 7 heteroatoms. The largest absolute Gasteiger partial charge is 0.367 e. The lowest BCUT2D eigenvalue weighted by Gasteiger charge is -2.60. The van der Waals surface area contributed by atoms with E-state index in [1.807, 2.05) is 18.2 Å². The van der Waals surface area contributed by atoms with Gasteiger partial charge in [-0.3, -0.25) is 0 Å². The summed E-state index contributed by atoms with van der Waals surface area (Å²) in [5.74, 6) is -1.02. The third kappa shape index (κ3) is 4.92. The van der Waals surface area contributed by atoms with Gasteiger partial charge in [0.25, 0.3) is 0 Å². The molecule has 6 nitrogen and oxygen atoms in total. The molecule has 4 rings (SSSR count). The van der Waals surface area contributed by atoms with Gasteiger partial charge in [0.1, 0.15) is 29.9 Å². The molecule has 0 unspecified atom stereocenters. The highest BCUT2D eigenvalue weighted by atomic mass is 32.2. The van der Waals surface area contributed by atoms with Gasteiger partial charge >= 0.3 is 0 Å². The highest BCUT2D eigenvalue weighted by Gasteiger charge is 2.66. The summed E-state index contributed by atoms with van der Waals surface area (Å²) in [5, 5.41) is 0. The highest BCUT2D eigenvalue weighted by molar-refractivity contribution is 7.99. The molecule has 1 aromatic rings. The molecule has 0 N–H and O–H groups in total. The molecule has 1 saturated carbocycles. The second kappa shape index (κ2) is 10.8. The fourth-order valence-electron chi connectivity index (χ4n) is 5.25. The van der Waals surface area contributed by atoms with E-state index in [1.54, 1.807) is 26.0 Å². The van der Waals surface area contributed by atoms with Crippen LogP contribution in [0.25, 0.3) is 0 Å². The van der Waals surface area contributed by atoms with Crippen LogP contribution in [0.5, 0.6) is 0 Å². The SMILES string of the molecule is CCS[C@H]1O[C@H](C=C(C)C)[C@H]2O[C@@]3(OC)CCCC[C@]3(OC)O[C@@H]2[C@@H]1OCc1ccccc1. The van der Waals surface area contributed by atoms with Crippen molar-refractivity contribution >= 4 is 11.8 Å². The first kappa shape index (κ1) is 25.2. The first-order chi connectivity index (χ1) is 16.0. The highest BCUT2D eigenvalue weighted by Crippen LogP contribution is 2.52. The van der Waals surface area contributed by atoms with Crippen molar-refractivity contribution in [3.8, 4) is 0 Å². The van der Waals surface area contributed by atoms with Gasteiger partial charge in [0, 0.05) is 27.1 Å². The summed E-state index contributed by atoms with van der Waals surface area (Å²) in [6, 6.07) is 10.2. The Morgan fingerprint density at radius 3 is 2.24 bits per heavy atom. The number of thioether (sulfide) groups is 1. The summed E-state index contributed by atoms with van der Waals surface area (Å²) < 4.78 is 38.9. The molecule has 3 aliphatic rings. The first-order valence-corrected chi connectivity index (χ1v) is 13.1. The van der Waals surface area contributed by atoms with E-state index < -0.39 is 11.6 Å². The van der Waals surface area contributed by atoms with Crippen LogP contribution in [0.3, 0.4) is 0 Å². The molecule has 2 aliphatic heterocycles. The van der Waals surface area contributed by atoms with E-state index in [-0.39, 0.29) is 29.9 Å². The molecular formula is C26H38O6S. The maximum Gasteiger partial charge on any atom is 0.223 e. The molecule has 1 aliphatic carbocycles. The van der Waals surface area contributed by atoms with Crippen molar-refractivity contribution in [1.29, 1.82) is 0 Å². The first-order valence-electron chi connectivity index (χ1n) is 12.0. The molecule has 3 fully saturated rings. The third-order valence-corrected chi connectivity index (χ3v) is 7.84. The zero-order chi connectivity index (χ0) is 23.5. The van der Waals surface area contributed by atoms with Crippen molar-refractivity contribution in [3.05, 3.63) is 47.5 Å². The van der Waals surface area contributed by atoms with E-state index in [9.17, 15) is 0 Å². The Labute approximate surface area is 202 Å². The summed E-state index contributed by atoms with van der Waals surface area (Å²) in [6.45, 7) is 6.77. The van der Waals surface area contributed by atoms with E-state index in [1.165, 1.54) is 5.57 Å². The normalized spacial score (nSPS) is 38.3. The van der Waals surface area contributed by atoms with Crippen molar-refractivity contribution < 1.29 is 28.4 Å². The molecule has 0 bridgehead atoms. The van der Waals surface area contributed by atoms with Gasteiger partial charge in [-0.1, -0.05) is 48.9 Å². The van der Waals surface area contributed by atoms with Crippen LogP contribution >= 0.6 is 11.8 Å². The summed E-state index contributed by atoms with van der Waals surface area (Å²) in [7, 11) is 3.37. The van der Waals surface area contributed by atoms with Gasteiger partial charge < -0.3 is 28.4 Å². The van der Waals surface area contributed by atoms with Crippen LogP contribution in [0, 0.1) is 0 Å². The summed E-state index contributed by atoms with van der Waals surface area (Å²) in [6.07, 6.45) is 4.26. The number of benzene rings is 1. The van der Waals surface area contributed by atoms with Crippen LogP contribution in [0.15, 0.2) is 42.0 Å². The number of methoxy groups -OCH3 is 2. The Kier molecular flexibility index (Phi) is 8.22. The van der Waals surface area contributed by atoms with E-state index in [2.05, 4.69) is 39.0 Å².